The quantitative estimate of drug-likeness (QED) is 0.778. The number of anilines is 1. The molecule has 116 valence electrons. The second-order valence-electron chi connectivity index (χ2n) is 5.87. The van der Waals surface area contributed by atoms with Gasteiger partial charge in [0, 0.05) is 12.8 Å². The Balaban J connectivity index is 2.72. The van der Waals surface area contributed by atoms with Crippen molar-refractivity contribution in [3.05, 3.63) is 29.8 Å². The average molecular weight is 294 g/mol. The maximum absolute atomic E-state index is 11.9. The van der Waals surface area contributed by atoms with Gasteiger partial charge in [-0.15, -0.1) is 0 Å². The number of ether oxygens (including phenoxy) is 1. The van der Waals surface area contributed by atoms with Gasteiger partial charge in [0.1, 0.15) is 6.04 Å². The topological polar surface area (TPSA) is 87.7 Å². The van der Waals surface area contributed by atoms with Crippen molar-refractivity contribution >= 4 is 17.7 Å². The summed E-state index contributed by atoms with van der Waals surface area (Å²) in [4.78, 5) is 23.1. The van der Waals surface area contributed by atoms with Gasteiger partial charge in [-0.1, -0.05) is 32.9 Å². The Bertz CT molecular complexity index is 509. The highest BCUT2D eigenvalue weighted by molar-refractivity contribution is 5.92. The SMILES string of the molecule is COCc1cccc(NC(=O)NC(C(=O)O)C(C)(C)C)c1. The van der Waals surface area contributed by atoms with Crippen LogP contribution < -0.4 is 10.6 Å². The number of carbonyl (C=O) groups excluding carboxylic acids is 1. The molecule has 0 aliphatic rings. The van der Waals surface area contributed by atoms with Crippen LogP contribution in [0.25, 0.3) is 0 Å². The molecule has 0 radical (unpaired) electrons. The number of carboxylic acids is 1. The fourth-order valence-corrected chi connectivity index (χ4v) is 1.85. The van der Waals surface area contributed by atoms with Gasteiger partial charge in [-0.05, 0) is 23.1 Å². The van der Waals surface area contributed by atoms with Gasteiger partial charge in [0.2, 0.25) is 0 Å². The summed E-state index contributed by atoms with van der Waals surface area (Å²) in [5.74, 6) is -1.06. The molecule has 0 saturated heterocycles. The zero-order valence-electron chi connectivity index (χ0n) is 12.8. The standard InChI is InChI=1S/C15H22N2O4/c1-15(2,3)12(13(18)19)17-14(20)16-11-7-5-6-10(8-11)9-21-4/h5-8,12H,9H2,1-4H3,(H,18,19)(H2,16,17,20). The number of carbonyl (C=O) groups is 2. The Morgan fingerprint density at radius 2 is 2.00 bits per heavy atom. The molecular weight excluding hydrogens is 272 g/mol. The number of amides is 2. The van der Waals surface area contributed by atoms with Crippen LogP contribution >= 0.6 is 0 Å². The van der Waals surface area contributed by atoms with Crippen LogP contribution in [0.4, 0.5) is 10.5 Å². The fourth-order valence-electron chi connectivity index (χ4n) is 1.85. The van der Waals surface area contributed by atoms with Crippen molar-refractivity contribution in [1.82, 2.24) is 5.32 Å². The van der Waals surface area contributed by atoms with Crippen LogP contribution in [0.15, 0.2) is 24.3 Å². The summed E-state index contributed by atoms with van der Waals surface area (Å²) >= 11 is 0. The van der Waals surface area contributed by atoms with Crippen molar-refractivity contribution < 1.29 is 19.4 Å². The number of benzene rings is 1. The predicted octanol–water partition coefficient (Wildman–Crippen LogP) is 2.45. The highest BCUT2D eigenvalue weighted by Gasteiger charge is 2.32. The lowest BCUT2D eigenvalue weighted by Crippen LogP contribution is -2.50. The second kappa shape index (κ2) is 7.08. The van der Waals surface area contributed by atoms with E-state index in [-0.39, 0.29) is 0 Å². The molecule has 0 fully saturated rings. The number of nitrogens with one attached hydrogen (secondary N) is 2. The molecule has 0 aromatic heterocycles. The monoisotopic (exact) mass is 294 g/mol. The summed E-state index contributed by atoms with van der Waals surface area (Å²) in [6.45, 7) is 5.71. The molecule has 0 saturated carbocycles. The highest BCUT2D eigenvalue weighted by atomic mass is 16.5. The van der Waals surface area contributed by atoms with Gasteiger partial charge >= 0.3 is 12.0 Å². The molecule has 1 atom stereocenters. The predicted molar refractivity (Wildman–Crippen MR) is 80.2 cm³/mol. The van der Waals surface area contributed by atoms with Gasteiger partial charge in [-0.25, -0.2) is 9.59 Å². The van der Waals surface area contributed by atoms with E-state index in [4.69, 9.17) is 4.74 Å². The van der Waals surface area contributed by atoms with Crippen LogP contribution in [-0.2, 0) is 16.1 Å². The van der Waals surface area contributed by atoms with E-state index in [0.29, 0.717) is 12.3 Å². The summed E-state index contributed by atoms with van der Waals surface area (Å²) in [7, 11) is 1.59. The Morgan fingerprint density at radius 1 is 1.33 bits per heavy atom. The molecule has 0 spiro atoms. The third-order valence-corrected chi connectivity index (χ3v) is 2.88. The van der Waals surface area contributed by atoms with Crippen molar-refractivity contribution in [3.8, 4) is 0 Å². The van der Waals surface area contributed by atoms with Gasteiger partial charge < -0.3 is 20.5 Å². The summed E-state index contributed by atoms with van der Waals surface area (Å²) in [5, 5.41) is 14.3. The summed E-state index contributed by atoms with van der Waals surface area (Å²) in [5.41, 5.74) is 0.919. The van der Waals surface area contributed by atoms with Crippen LogP contribution in [0.2, 0.25) is 0 Å². The Morgan fingerprint density at radius 3 is 2.52 bits per heavy atom. The minimum absolute atomic E-state index is 0.441. The first kappa shape index (κ1) is 17.0. The summed E-state index contributed by atoms with van der Waals surface area (Å²) in [6.07, 6.45) is 0. The lowest BCUT2D eigenvalue weighted by molar-refractivity contribution is -0.141. The first-order valence-electron chi connectivity index (χ1n) is 6.62. The highest BCUT2D eigenvalue weighted by Crippen LogP contribution is 2.19. The minimum Gasteiger partial charge on any atom is -0.480 e. The third kappa shape index (κ3) is 5.43. The normalized spacial score (nSPS) is 12.6. The zero-order valence-corrected chi connectivity index (χ0v) is 12.8. The number of rotatable bonds is 5. The van der Waals surface area contributed by atoms with Crippen molar-refractivity contribution in [2.75, 3.05) is 12.4 Å². The molecule has 1 aromatic rings. The van der Waals surface area contributed by atoms with Crippen LogP contribution in [0, 0.1) is 5.41 Å². The lowest BCUT2D eigenvalue weighted by Gasteiger charge is -2.27. The van der Waals surface area contributed by atoms with Gasteiger partial charge in [-0.2, -0.15) is 0 Å². The van der Waals surface area contributed by atoms with E-state index in [1.54, 1.807) is 46.1 Å². The van der Waals surface area contributed by atoms with Crippen molar-refractivity contribution in [1.29, 1.82) is 0 Å². The van der Waals surface area contributed by atoms with Crippen LogP contribution in [0.1, 0.15) is 26.3 Å². The van der Waals surface area contributed by atoms with Crippen molar-refractivity contribution in [2.24, 2.45) is 5.41 Å². The molecule has 0 aliphatic carbocycles. The molecule has 0 heterocycles. The minimum atomic E-state index is -1.06. The van der Waals surface area contributed by atoms with E-state index in [1.165, 1.54) is 0 Å². The molecular formula is C15H22N2O4. The smallest absolute Gasteiger partial charge is 0.326 e. The first-order valence-corrected chi connectivity index (χ1v) is 6.62. The number of hydrogen-bond acceptors (Lipinski definition) is 3. The molecule has 0 aliphatic heterocycles. The molecule has 21 heavy (non-hydrogen) atoms. The average Bonchev–Trinajstić information content (AvgIpc) is 2.35. The second-order valence-corrected chi connectivity index (χ2v) is 5.87. The van der Waals surface area contributed by atoms with Crippen molar-refractivity contribution in [2.45, 2.75) is 33.4 Å². The molecule has 1 rings (SSSR count). The molecule has 0 bridgehead atoms. The molecule has 1 unspecified atom stereocenters. The Hall–Kier alpha value is -2.08. The van der Waals surface area contributed by atoms with E-state index in [9.17, 15) is 14.7 Å². The van der Waals surface area contributed by atoms with E-state index in [2.05, 4.69) is 10.6 Å². The zero-order chi connectivity index (χ0) is 16.0. The molecule has 3 N–H and O–H groups in total. The van der Waals surface area contributed by atoms with Gasteiger partial charge in [-0.3, -0.25) is 0 Å². The van der Waals surface area contributed by atoms with Gasteiger partial charge in [0.15, 0.2) is 0 Å². The fraction of sp³-hybridized carbons (Fsp3) is 0.467. The van der Waals surface area contributed by atoms with Crippen LogP contribution in [0.5, 0.6) is 0 Å². The maximum atomic E-state index is 11.9. The van der Waals surface area contributed by atoms with Gasteiger partial charge in [0.05, 0.1) is 6.61 Å². The molecule has 6 heteroatoms. The number of urea groups is 1. The van der Waals surface area contributed by atoms with E-state index < -0.39 is 23.5 Å². The number of methoxy groups -OCH3 is 1. The van der Waals surface area contributed by atoms with Crippen LogP contribution in [0.3, 0.4) is 0 Å². The van der Waals surface area contributed by atoms with E-state index in [0.717, 1.165) is 5.56 Å². The first-order chi connectivity index (χ1) is 9.74. The Kier molecular flexibility index (Phi) is 5.72. The molecule has 6 nitrogen and oxygen atoms in total. The molecule has 2 amide bonds. The largest absolute Gasteiger partial charge is 0.480 e. The van der Waals surface area contributed by atoms with Gasteiger partial charge in [0.25, 0.3) is 0 Å². The number of carboxylic acid groups (broad SMARTS) is 1. The van der Waals surface area contributed by atoms with Crippen LogP contribution in [-0.4, -0.2) is 30.3 Å². The number of hydrogen-bond donors (Lipinski definition) is 3. The van der Waals surface area contributed by atoms with E-state index >= 15 is 0 Å². The van der Waals surface area contributed by atoms with Crippen molar-refractivity contribution in [3.63, 3.8) is 0 Å². The molecule has 1 aromatic carbocycles. The summed E-state index contributed by atoms with van der Waals surface area (Å²) < 4.78 is 5.02. The maximum Gasteiger partial charge on any atom is 0.326 e. The van der Waals surface area contributed by atoms with E-state index in [1.807, 2.05) is 6.07 Å². The third-order valence-electron chi connectivity index (χ3n) is 2.88. The number of aliphatic carboxylic acids is 1. The Labute approximate surface area is 124 Å². The lowest BCUT2D eigenvalue weighted by atomic mass is 9.87. The summed E-state index contributed by atoms with van der Waals surface area (Å²) in [6, 6.07) is 5.65.